The van der Waals surface area contributed by atoms with Gasteiger partial charge in [-0.3, -0.25) is 0 Å². The van der Waals surface area contributed by atoms with Crippen molar-refractivity contribution in [3.8, 4) is 0 Å². The van der Waals surface area contributed by atoms with Crippen LogP contribution in [-0.2, 0) is 6.42 Å². The third-order valence-electron chi connectivity index (χ3n) is 1.54. The first kappa shape index (κ1) is 9.06. The Morgan fingerprint density at radius 2 is 2.42 bits per heavy atom. The standard InChI is InChI=1S/C8H11NO2S/c1-2-3-5-4-6(8(10)11)7(9)12-5/h4H,2-3,9H2,1H3,(H,10,11). The van der Waals surface area contributed by atoms with Crippen molar-refractivity contribution in [2.24, 2.45) is 0 Å². The highest BCUT2D eigenvalue weighted by Gasteiger charge is 2.11. The van der Waals surface area contributed by atoms with E-state index in [1.165, 1.54) is 11.3 Å². The largest absolute Gasteiger partial charge is 0.478 e. The third kappa shape index (κ3) is 1.76. The molecule has 0 atom stereocenters. The van der Waals surface area contributed by atoms with Crippen molar-refractivity contribution in [3.63, 3.8) is 0 Å². The van der Waals surface area contributed by atoms with Gasteiger partial charge in [0.05, 0.1) is 5.56 Å². The minimum absolute atomic E-state index is 0.239. The Morgan fingerprint density at radius 1 is 1.75 bits per heavy atom. The highest BCUT2D eigenvalue weighted by molar-refractivity contribution is 7.16. The van der Waals surface area contributed by atoms with Gasteiger partial charge in [-0.25, -0.2) is 4.79 Å². The van der Waals surface area contributed by atoms with Gasteiger partial charge in [-0.1, -0.05) is 13.3 Å². The Bertz CT molecular complexity index is 293. The molecule has 0 aliphatic rings. The summed E-state index contributed by atoms with van der Waals surface area (Å²) in [4.78, 5) is 11.6. The van der Waals surface area contributed by atoms with Gasteiger partial charge in [0.25, 0.3) is 0 Å². The number of carboxylic acids is 1. The first-order valence-corrected chi connectivity index (χ1v) is 4.58. The lowest BCUT2D eigenvalue weighted by Gasteiger charge is -1.87. The van der Waals surface area contributed by atoms with Gasteiger partial charge in [-0.2, -0.15) is 0 Å². The van der Waals surface area contributed by atoms with Crippen LogP contribution < -0.4 is 5.73 Å². The summed E-state index contributed by atoms with van der Waals surface area (Å²) in [5.74, 6) is -0.939. The smallest absolute Gasteiger partial charge is 0.338 e. The van der Waals surface area contributed by atoms with Crippen molar-refractivity contribution < 1.29 is 9.90 Å². The molecule has 3 nitrogen and oxygen atoms in total. The van der Waals surface area contributed by atoms with Gasteiger partial charge in [0.2, 0.25) is 0 Å². The monoisotopic (exact) mass is 185 g/mol. The molecule has 0 saturated carbocycles. The van der Waals surface area contributed by atoms with Crippen molar-refractivity contribution in [1.82, 2.24) is 0 Å². The molecular weight excluding hydrogens is 174 g/mol. The summed E-state index contributed by atoms with van der Waals surface area (Å²) in [5.41, 5.74) is 5.75. The number of nitrogens with two attached hydrogens (primary N) is 1. The van der Waals surface area contributed by atoms with E-state index in [4.69, 9.17) is 10.8 Å². The summed E-state index contributed by atoms with van der Waals surface area (Å²) < 4.78 is 0. The Morgan fingerprint density at radius 3 is 2.83 bits per heavy atom. The normalized spacial score (nSPS) is 10.1. The van der Waals surface area contributed by atoms with Crippen LogP contribution in [0.3, 0.4) is 0 Å². The van der Waals surface area contributed by atoms with Gasteiger partial charge in [0, 0.05) is 4.88 Å². The van der Waals surface area contributed by atoms with Gasteiger partial charge in [0.1, 0.15) is 5.00 Å². The number of carboxylic acid groups (broad SMARTS) is 1. The van der Waals surface area contributed by atoms with E-state index in [-0.39, 0.29) is 5.56 Å². The number of thiophene rings is 1. The minimum atomic E-state index is -0.939. The molecule has 0 saturated heterocycles. The molecule has 1 aromatic rings. The van der Waals surface area contributed by atoms with Crippen LogP contribution in [-0.4, -0.2) is 11.1 Å². The number of hydrogen-bond acceptors (Lipinski definition) is 3. The summed E-state index contributed by atoms with van der Waals surface area (Å²) in [6.07, 6.45) is 1.92. The van der Waals surface area contributed by atoms with Crippen LogP contribution in [0.2, 0.25) is 0 Å². The Hall–Kier alpha value is -1.03. The van der Waals surface area contributed by atoms with E-state index in [0.717, 1.165) is 17.7 Å². The first-order valence-electron chi connectivity index (χ1n) is 3.76. The van der Waals surface area contributed by atoms with E-state index < -0.39 is 5.97 Å². The van der Waals surface area contributed by atoms with Gasteiger partial charge in [-0.15, -0.1) is 11.3 Å². The molecule has 1 heterocycles. The van der Waals surface area contributed by atoms with Crippen LogP contribution in [0.5, 0.6) is 0 Å². The SMILES string of the molecule is CCCc1cc(C(=O)O)c(N)s1. The third-order valence-corrected chi connectivity index (χ3v) is 2.56. The molecule has 66 valence electrons. The molecule has 0 aliphatic heterocycles. The number of aromatic carboxylic acids is 1. The highest BCUT2D eigenvalue weighted by Crippen LogP contribution is 2.25. The average Bonchev–Trinajstić information content (AvgIpc) is 2.32. The zero-order valence-electron chi connectivity index (χ0n) is 6.83. The molecule has 0 amide bonds. The van der Waals surface area contributed by atoms with Crippen LogP contribution in [0, 0.1) is 0 Å². The number of rotatable bonds is 3. The van der Waals surface area contributed by atoms with Crippen LogP contribution in [0.15, 0.2) is 6.07 Å². The molecule has 1 rings (SSSR count). The summed E-state index contributed by atoms with van der Waals surface area (Å²) in [7, 11) is 0. The maximum absolute atomic E-state index is 10.6. The second kappa shape index (κ2) is 3.58. The zero-order chi connectivity index (χ0) is 9.14. The van der Waals surface area contributed by atoms with E-state index in [1.54, 1.807) is 6.07 Å². The topological polar surface area (TPSA) is 63.3 Å². The van der Waals surface area contributed by atoms with Crippen molar-refractivity contribution in [2.45, 2.75) is 19.8 Å². The molecular formula is C8H11NO2S. The number of aryl methyl sites for hydroxylation is 1. The quantitative estimate of drug-likeness (QED) is 0.756. The second-order valence-electron chi connectivity index (χ2n) is 2.55. The highest BCUT2D eigenvalue weighted by atomic mass is 32.1. The maximum atomic E-state index is 10.6. The molecule has 0 unspecified atom stereocenters. The number of hydrogen-bond donors (Lipinski definition) is 2. The lowest BCUT2D eigenvalue weighted by Crippen LogP contribution is -1.97. The van der Waals surface area contributed by atoms with Gasteiger partial charge in [0.15, 0.2) is 0 Å². The predicted molar refractivity (Wildman–Crippen MR) is 49.7 cm³/mol. The van der Waals surface area contributed by atoms with Crippen LogP contribution >= 0.6 is 11.3 Å². The second-order valence-corrected chi connectivity index (χ2v) is 3.71. The molecule has 0 fully saturated rings. The minimum Gasteiger partial charge on any atom is -0.478 e. The first-order chi connectivity index (χ1) is 5.65. The summed E-state index contributed by atoms with van der Waals surface area (Å²) in [6.45, 7) is 2.05. The number of anilines is 1. The van der Waals surface area contributed by atoms with Gasteiger partial charge >= 0.3 is 5.97 Å². The summed E-state index contributed by atoms with van der Waals surface area (Å²) in [6, 6.07) is 1.66. The summed E-state index contributed by atoms with van der Waals surface area (Å²) in [5, 5.41) is 9.08. The fraction of sp³-hybridized carbons (Fsp3) is 0.375. The van der Waals surface area contributed by atoms with Gasteiger partial charge in [-0.05, 0) is 12.5 Å². The van der Waals surface area contributed by atoms with E-state index >= 15 is 0 Å². The molecule has 0 spiro atoms. The van der Waals surface area contributed by atoms with Gasteiger partial charge < -0.3 is 10.8 Å². The molecule has 3 N–H and O–H groups in total. The van der Waals surface area contributed by atoms with E-state index in [9.17, 15) is 4.79 Å². The van der Waals surface area contributed by atoms with Crippen molar-refractivity contribution in [3.05, 3.63) is 16.5 Å². The van der Waals surface area contributed by atoms with E-state index in [0.29, 0.717) is 5.00 Å². The van der Waals surface area contributed by atoms with E-state index in [2.05, 4.69) is 6.92 Å². The van der Waals surface area contributed by atoms with E-state index in [1.807, 2.05) is 0 Å². The average molecular weight is 185 g/mol. The number of carbonyl (C=O) groups is 1. The fourth-order valence-corrected chi connectivity index (χ4v) is 2.02. The Balaban J connectivity index is 2.92. The molecule has 0 aliphatic carbocycles. The summed E-state index contributed by atoms with van der Waals surface area (Å²) >= 11 is 1.36. The molecule has 4 heteroatoms. The fourth-order valence-electron chi connectivity index (χ4n) is 0.995. The lowest BCUT2D eigenvalue weighted by atomic mass is 10.2. The Kier molecular flexibility index (Phi) is 2.70. The predicted octanol–water partition coefficient (Wildman–Crippen LogP) is 1.98. The number of nitrogen functional groups attached to an aromatic ring is 1. The lowest BCUT2D eigenvalue weighted by molar-refractivity contribution is 0.0698. The molecule has 1 aromatic heterocycles. The molecule has 12 heavy (non-hydrogen) atoms. The van der Waals surface area contributed by atoms with Crippen molar-refractivity contribution in [2.75, 3.05) is 5.73 Å². The molecule has 0 aromatic carbocycles. The van der Waals surface area contributed by atoms with Crippen LogP contribution in [0.25, 0.3) is 0 Å². The zero-order valence-corrected chi connectivity index (χ0v) is 7.65. The Labute approximate surface area is 74.8 Å². The van der Waals surface area contributed by atoms with Crippen LogP contribution in [0.1, 0.15) is 28.6 Å². The van der Waals surface area contributed by atoms with Crippen LogP contribution in [0.4, 0.5) is 5.00 Å². The molecule has 0 bridgehead atoms. The molecule has 0 radical (unpaired) electrons. The van der Waals surface area contributed by atoms with Crippen molar-refractivity contribution >= 4 is 22.3 Å². The maximum Gasteiger partial charge on any atom is 0.338 e. The van der Waals surface area contributed by atoms with Crippen molar-refractivity contribution in [1.29, 1.82) is 0 Å².